The maximum Gasteiger partial charge on any atom is 0.159 e. The van der Waals surface area contributed by atoms with Gasteiger partial charge in [-0.25, -0.2) is 9.97 Å². The fraction of sp³-hybridized carbons (Fsp3) is 0.412. The van der Waals surface area contributed by atoms with E-state index in [0.29, 0.717) is 6.04 Å². The second-order valence-electron chi connectivity index (χ2n) is 5.46. The molecule has 0 aliphatic rings. The SMILES string of the molecule is CSc1ccc(-c2nc(C)c(CNC(C)C)c(C)n2)cc1. The van der Waals surface area contributed by atoms with E-state index in [1.54, 1.807) is 11.8 Å². The molecule has 0 amide bonds. The molecule has 0 saturated heterocycles. The van der Waals surface area contributed by atoms with Gasteiger partial charge in [0, 0.05) is 40.0 Å². The van der Waals surface area contributed by atoms with Gasteiger partial charge in [-0.1, -0.05) is 26.0 Å². The van der Waals surface area contributed by atoms with Crippen molar-refractivity contribution in [1.29, 1.82) is 0 Å². The molecule has 1 aromatic carbocycles. The van der Waals surface area contributed by atoms with E-state index in [1.165, 1.54) is 10.5 Å². The van der Waals surface area contributed by atoms with Crippen LogP contribution in [-0.2, 0) is 6.54 Å². The Labute approximate surface area is 131 Å². The number of benzene rings is 1. The molecule has 112 valence electrons. The third-order valence-electron chi connectivity index (χ3n) is 3.46. The summed E-state index contributed by atoms with van der Waals surface area (Å²) in [5.41, 5.74) is 4.38. The van der Waals surface area contributed by atoms with Gasteiger partial charge in [-0.2, -0.15) is 0 Å². The topological polar surface area (TPSA) is 37.8 Å². The third-order valence-corrected chi connectivity index (χ3v) is 4.20. The lowest BCUT2D eigenvalue weighted by Gasteiger charge is -2.13. The molecule has 0 saturated carbocycles. The van der Waals surface area contributed by atoms with Gasteiger partial charge in [-0.15, -0.1) is 11.8 Å². The van der Waals surface area contributed by atoms with E-state index in [2.05, 4.69) is 73.5 Å². The van der Waals surface area contributed by atoms with Gasteiger partial charge in [0.25, 0.3) is 0 Å². The van der Waals surface area contributed by atoms with E-state index in [9.17, 15) is 0 Å². The Morgan fingerprint density at radius 1 is 1.05 bits per heavy atom. The molecule has 2 rings (SSSR count). The van der Waals surface area contributed by atoms with Gasteiger partial charge in [0.15, 0.2) is 5.82 Å². The van der Waals surface area contributed by atoms with Crippen molar-refractivity contribution in [2.75, 3.05) is 6.26 Å². The Bertz CT molecular complexity index is 583. The number of nitrogens with zero attached hydrogens (tertiary/aromatic N) is 2. The summed E-state index contributed by atoms with van der Waals surface area (Å²) < 4.78 is 0. The molecule has 4 heteroatoms. The molecule has 1 heterocycles. The van der Waals surface area contributed by atoms with Gasteiger partial charge in [-0.3, -0.25) is 0 Å². The van der Waals surface area contributed by atoms with E-state index < -0.39 is 0 Å². The zero-order valence-electron chi connectivity index (χ0n) is 13.4. The molecule has 21 heavy (non-hydrogen) atoms. The average molecular weight is 301 g/mol. The first-order valence-electron chi connectivity index (χ1n) is 7.23. The van der Waals surface area contributed by atoms with Crippen LogP contribution in [0.3, 0.4) is 0 Å². The number of aryl methyl sites for hydroxylation is 2. The molecule has 2 aromatic rings. The van der Waals surface area contributed by atoms with Crippen molar-refractivity contribution in [3.63, 3.8) is 0 Å². The maximum atomic E-state index is 4.68. The fourth-order valence-corrected chi connectivity index (χ4v) is 2.58. The minimum atomic E-state index is 0.461. The van der Waals surface area contributed by atoms with Gasteiger partial charge in [-0.05, 0) is 32.2 Å². The number of nitrogens with one attached hydrogen (secondary N) is 1. The molecule has 1 N–H and O–H groups in total. The average Bonchev–Trinajstić information content (AvgIpc) is 2.46. The Morgan fingerprint density at radius 2 is 1.62 bits per heavy atom. The number of hydrogen-bond donors (Lipinski definition) is 1. The molecule has 0 radical (unpaired) electrons. The van der Waals surface area contributed by atoms with Gasteiger partial charge < -0.3 is 5.32 Å². The predicted molar refractivity (Wildman–Crippen MR) is 90.7 cm³/mol. The minimum Gasteiger partial charge on any atom is -0.310 e. The molecule has 0 atom stereocenters. The van der Waals surface area contributed by atoms with Crippen LogP contribution in [0.25, 0.3) is 11.4 Å². The number of aromatic nitrogens is 2. The summed E-state index contributed by atoms with van der Waals surface area (Å²) >= 11 is 1.74. The highest BCUT2D eigenvalue weighted by Gasteiger charge is 2.10. The number of rotatable bonds is 5. The monoisotopic (exact) mass is 301 g/mol. The second kappa shape index (κ2) is 7.05. The van der Waals surface area contributed by atoms with Crippen molar-refractivity contribution in [2.45, 2.75) is 45.2 Å². The van der Waals surface area contributed by atoms with Crippen LogP contribution in [0.2, 0.25) is 0 Å². The van der Waals surface area contributed by atoms with Crippen LogP contribution in [0, 0.1) is 13.8 Å². The van der Waals surface area contributed by atoms with Gasteiger partial charge in [0.05, 0.1) is 0 Å². The van der Waals surface area contributed by atoms with E-state index in [1.807, 2.05) is 0 Å². The summed E-state index contributed by atoms with van der Waals surface area (Å²) in [6.45, 7) is 9.24. The van der Waals surface area contributed by atoms with Gasteiger partial charge in [0.1, 0.15) is 0 Å². The second-order valence-corrected chi connectivity index (χ2v) is 6.34. The minimum absolute atomic E-state index is 0.461. The molecular weight excluding hydrogens is 278 g/mol. The molecule has 0 bridgehead atoms. The fourth-order valence-electron chi connectivity index (χ4n) is 2.17. The first kappa shape index (κ1) is 16.0. The van der Waals surface area contributed by atoms with E-state index >= 15 is 0 Å². The first-order chi connectivity index (χ1) is 10.0. The molecule has 1 aromatic heterocycles. The highest BCUT2D eigenvalue weighted by Crippen LogP contribution is 2.22. The third kappa shape index (κ3) is 4.05. The van der Waals surface area contributed by atoms with E-state index in [4.69, 9.17) is 0 Å². The van der Waals surface area contributed by atoms with Crippen LogP contribution in [0.15, 0.2) is 29.2 Å². The van der Waals surface area contributed by atoms with E-state index in [-0.39, 0.29) is 0 Å². The van der Waals surface area contributed by atoms with Crippen LogP contribution in [0.5, 0.6) is 0 Å². The highest BCUT2D eigenvalue weighted by molar-refractivity contribution is 7.98. The molecule has 0 spiro atoms. The van der Waals surface area contributed by atoms with Gasteiger partial charge >= 0.3 is 0 Å². The lowest BCUT2D eigenvalue weighted by molar-refractivity contribution is 0.583. The van der Waals surface area contributed by atoms with Crippen molar-refractivity contribution >= 4 is 11.8 Å². The van der Waals surface area contributed by atoms with Crippen molar-refractivity contribution in [2.24, 2.45) is 0 Å². The Kier molecular flexibility index (Phi) is 5.37. The van der Waals surface area contributed by atoms with Crippen LogP contribution in [-0.4, -0.2) is 22.3 Å². The number of thioether (sulfide) groups is 1. The number of hydrogen-bond acceptors (Lipinski definition) is 4. The summed E-state index contributed by atoms with van der Waals surface area (Å²) in [4.78, 5) is 10.6. The van der Waals surface area contributed by atoms with Crippen molar-refractivity contribution < 1.29 is 0 Å². The summed E-state index contributed by atoms with van der Waals surface area (Å²) in [6.07, 6.45) is 2.08. The summed E-state index contributed by atoms with van der Waals surface area (Å²) in [6, 6.07) is 8.87. The van der Waals surface area contributed by atoms with Crippen LogP contribution in [0.1, 0.15) is 30.8 Å². The maximum absolute atomic E-state index is 4.68. The van der Waals surface area contributed by atoms with Crippen LogP contribution >= 0.6 is 11.8 Å². The summed E-state index contributed by atoms with van der Waals surface area (Å²) in [5.74, 6) is 0.811. The molecule has 0 aliphatic heterocycles. The lowest BCUT2D eigenvalue weighted by atomic mass is 10.1. The summed E-state index contributed by atoms with van der Waals surface area (Å²) in [7, 11) is 0. The quantitative estimate of drug-likeness (QED) is 0.848. The Balaban J connectivity index is 2.29. The van der Waals surface area contributed by atoms with Crippen molar-refractivity contribution in [3.8, 4) is 11.4 Å². The molecule has 0 unspecified atom stereocenters. The predicted octanol–water partition coefficient (Wildman–Crippen LogP) is 3.98. The summed E-state index contributed by atoms with van der Waals surface area (Å²) in [5, 5.41) is 3.43. The molecule has 3 nitrogen and oxygen atoms in total. The normalized spacial score (nSPS) is 11.1. The van der Waals surface area contributed by atoms with Gasteiger partial charge in [0.2, 0.25) is 0 Å². The van der Waals surface area contributed by atoms with Crippen molar-refractivity contribution in [1.82, 2.24) is 15.3 Å². The zero-order chi connectivity index (χ0) is 15.4. The Morgan fingerprint density at radius 3 is 2.10 bits per heavy atom. The van der Waals surface area contributed by atoms with E-state index in [0.717, 1.165) is 29.3 Å². The Hall–Kier alpha value is -1.39. The van der Waals surface area contributed by atoms with Crippen molar-refractivity contribution in [3.05, 3.63) is 41.2 Å². The molecule has 0 fully saturated rings. The molecule has 0 aliphatic carbocycles. The molecular formula is C17H23N3S. The zero-order valence-corrected chi connectivity index (χ0v) is 14.2. The first-order valence-corrected chi connectivity index (χ1v) is 8.45. The largest absolute Gasteiger partial charge is 0.310 e. The lowest BCUT2D eigenvalue weighted by Crippen LogP contribution is -2.23. The van der Waals surface area contributed by atoms with Crippen LogP contribution in [0.4, 0.5) is 0 Å². The van der Waals surface area contributed by atoms with Crippen LogP contribution < -0.4 is 5.32 Å². The standard InChI is InChI=1S/C17H23N3S/c1-11(2)18-10-16-12(3)19-17(20-13(16)4)14-6-8-15(21-5)9-7-14/h6-9,11,18H,10H2,1-5H3. The highest BCUT2D eigenvalue weighted by atomic mass is 32.2. The smallest absolute Gasteiger partial charge is 0.159 e.